The van der Waals surface area contributed by atoms with Gasteiger partial charge in [-0.2, -0.15) is 0 Å². The van der Waals surface area contributed by atoms with Crippen LogP contribution in [0.5, 0.6) is 0 Å². The van der Waals surface area contributed by atoms with Crippen molar-refractivity contribution in [1.29, 1.82) is 0 Å². The molecule has 4 atom stereocenters. The number of nitrogens with one attached hydrogen (secondary N) is 1. The van der Waals surface area contributed by atoms with Crippen LogP contribution >= 0.6 is 11.8 Å². The quantitative estimate of drug-likeness (QED) is 0.564. The Balaban J connectivity index is 1.96. The maximum absolute atomic E-state index is 12.5. The lowest BCUT2D eigenvalue weighted by atomic mass is 9.78. The zero-order valence-electron chi connectivity index (χ0n) is 16.5. The highest BCUT2D eigenvalue weighted by Crippen LogP contribution is 2.29. The van der Waals surface area contributed by atoms with E-state index in [1.807, 2.05) is 0 Å². The molecule has 1 aromatic rings. The summed E-state index contributed by atoms with van der Waals surface area (Å²) in [5, 5.41) is 3.04. The van der Waals surface area contributed by atoms with Crippen LogP contribution in [0.3, 0.4) is 0 Å². The molecule has 0 aliphatic heterocycles. The van der Waals surface area contributed by atoms with E-state index in [1.165, 1.54) is 25.1 Å². The van der Waals surface area contributed by atoms with E-state index >= 15 is 0 Å². The topological polar surface area (TPSA) is 72.5 Å². The molecule has 1 fully saturated rings. The number of ether oxygens (including phenoxy) is 1. The molecule has 2 rings (SSSR count). The van der Waals surface area contributed by atoms with Crippen LogP contribution in [-0.4, -0.2) is 35.6 Å². The van der Waals surface area contributed by atoms with E-state index in [0.29, 0.717) is 22.3 Å². The Morgan fingerprint density at radius 3 is 2.63 bits per heavy atom. The maximum atomic E-state index is 12.5. The van der Waals surface area contributed by atoms with Crippen LogP contribution in [0, 0.1) is 11.8 Å². The van der Waals surface area contributed by atoms with Gasteiger partial charge in [-0.3, -0.25) is 9.59 Å². The molecule has 1 aromatic carbocycles. The molecule has 0 heterocycles. The van der Waals surface area contributed by atoms with E-state index in [2.05, 4.69) is 19.2 Å². The number of amides is 1. The summed E-state index contributed by atoms with van der Waals surface area (Å²) in [6.45, 7) is 7.47. The Labute approximate surface area is 165 Å². The van der Waals surface area contributed by atoms with E-state index in [-0.39, 0.29) is 23.5 Å². The number of esters is 1. The molecule has 148 valence electrons. The monoisotopic (exact) mass is 391 g/mol. The summed E-state index contributed by atoms with van der Waals surface area (Å²) < 4.78 is 5.40. The van der Waals surface area contributed by atoms with Crippen molar-refractivity contribution in [2.45, 2.75) is 64.0 Å². The van der Waals surface area contributed by atoms with Crippen LogP contribution in [0.15, 0.2) is 29.2 Å². The molecular formula is C21H29NO4S. The highest BCUT2D eigenvalue weighted by atomic mass is 32.2. The minimum absolute atomic E-state index is 0.0340. The first-order chi connectivity index (χ1) is 12.8. The smallest absolute Gasteiger partial charge is 0.340 e. The first-order valence-electron chi connectivity index (χ1n) is 9.52. The van der Waals surface area contributed by atoms with Gasteiger partial charge in [0.15, 0.2) is 6.10 Å². The van der Waals surface area contributed by atoms with Crippen LogP contribution in [0.1, 0.15) is 57.3 Å². The highest BCUT2D eigenvalue weighted by Gasteiger charge is 2.30. The van der Waals surface area contributed by atoms with Gasteiger partial charge < -0.3 is 10.1 Å². The average Bonchev–Trinajstić information content (AvgIpc) is 2.63. The fourth-order valence-corrected chi connectivity index (χ4v) is 4.14. The third-order valence-electron chi connectivity index (χ3n) is 5.23. The van der Waals surface area contributed by atoms with Gasteiger partial charge in [-0.1, -0.05) is 38.8 Å². The first-order valence-corrected chi connectivity index (χ1v) is 10.5. The van der Waals surface area contributed by atoms with Gasteiger partial charge in [-0.05, 0) is 44.2 Å². The zero-order chi connectivity index (χ0) is 20.0. The molecule has 0 saturated heterocycles. The molecule has 5 nitrogen and oxygen atoms in total. The Morgan fingerprint density at radius 1 is 1.22 bits per heavy atom. The number of carbonyl (C=O) groups excluding carboxylic acids is 3. The summed E-state index contributed by atoms with van der Waals surface area (Å²) in [6.07, 6.45) is 2.38. The summed E-state index contributed by atoms with van der Waals surface area (Å²) in [5.74, 6) is 0.503. The number of ketones is 1. The minimum Gasteiger partial charge on any atom is -0.449 e. The highest BCUT2D eigenvalue weighted by molar-refractivity contribution is 8.00. The van der Waals surface area contributed by atoms with Gasteiger partial charge in [0.25, 0.3) is 5.91 Å². The van der Waals surface area contributed by atoms with Crippen molar-refractivity contribution in [3.05, 3.63) is 29.8 Å². The molecule has 1 aliphatic rings. The number of thioether (sulfide) groups is 1. The van der Waals surface area contributed by atoms with Gasteiger partial charge in [-0.15, -0.1) is 11.8 Å². The van der Waals surface area contributed by atoms with Gasteiger partial charge >= 0.3 is 5.97 Å². The van der Waals surface area contributed by atoms with E-state index < -0.39 is 12.1 Å². The molecule has 1 aliphatic carbocycles. The van der Waals surface area contributed by atoms with Crippen molar-refractivity contribution in [1.82, 2.24) is 5.32 Å². The maximum Gasteiger partial charge on any atom is 0.340 e. The van der Waals surface area contributed by atoms with Crippen LogP contribution in [0.25, 0.3) is 0 Å². The molecule has 0 unspecified atom stereocenters. The molecule has 0 bridgehead atoms. The van der Waals surface area contributed by atoms with E-state index in [4.69, 9.17) is 4.74 Å². The number of rotatable bonds is 7. The third-order valence-corrected chi connectivity index (χ3v) is 6.44. The van der Waals surface area contributed by atoms with Gasteiger partial charge in [0.1, 0.15) is 5.78 Å². The van der Waals surface area contributed by atoms with Crippen molar-refractivity contribution in [2.75, 3.05) is 5.75 Å². The van der Waals surface area contributed by atoms with Crippen molar-refractivity contribution in [2.24, 2.45) is 11.8 Å². The predicted molar refractivity (Wildman–Crippen MR) is 107 cm³/mol. The lowest BCUT2D eigenvalue weighted by molar-refractivity contribution is -0.130. The average molecular weight is 392 g/mol. The summed E-state index contributed by atoms with van der Waals surface area (Å²) in [6, 6.07) is 7.10. The first kappa shape index (κ1) is 21.5. The van der Waals surface area contributed by atoms with Gasteiger partial charge in [-0.25, -0.2) is 4.79 Å². The molecule has 1 saturated carbocycles. The summed E-state index contributed by atoms with van der Waals surface area (Å²) >= 11 is 1.30. The summed E-state index contributed by atoms with van der Waals surface area (Å²) in [5.41, 5.74) is 0.378. The fourth-order valence-electron chi connectivity index (χ4n) is 3.30. The van der Waals surface area contributed by atoms with Crippen molar-refractivity contribution >= 4 is 29.4 Å². The van der Waals surface area contributed by atoms with Crippen LogP contribution in [-0.2, 0) is 14.3 Å². The number of hydrogen-bond donors (Lipinski definition) is 1. The number of carbonyl (C=O) groups is 3. The lowest BCUT2D eigenvalue weighted by Gasteiger charge is -2.35. The van der Waals surface area contributed by atoms with Crippen LogP contribution in [0.4, 0.5) is 0 Å². The Bertz CT molecular complexity index is 691. The largest absolute Gasteiger partial charge is 0.449 e. The van der Waals surface area contributed by atoms with Crippen LogP contribution < -0.4 is 5.32 Å². The van der Waals surface area contributed by atoms with E-state index in [9.17, 15) is 14.4 Å². The van der Waals surface area contributed by atoms with Gasteiger partial charge in [0, 0.05) is 10.9 Å². The third kappa shape index (κ3) is 6.09. The Morgan fingerprint density at radius 2 is 1.93 bits per heavy atom. The molecule has 1 amide bonds. The summed E-state index contributed by atoms with van der Waals surface area (Å²) in [7, 11) is 0. The number of hydrogen-bond acceptors (Lipinski definition) is 5. The van der Waals surface area contributed by atoms with E-state index in [1.54, 1.807) is 31.2 Å². The second kappa shape index (κ2) is 9.93. The second-order valence-electron chi connectivity index (χ2n) is 7.42. The summed E-state index contributed by atoms with van der Waals surface area (Å²) in [4.78, 5) is 36.9. The molecule has 0 aromatic heterocycles. The molecule has 0 spiro atoms. The normalized spacial score (nSPS) is 23.3. The molecule has 1 N–H and O–H groups in total. The Hall–Kier alpha value is -1.82. The van der Waals surface area contributed by atoms with Gasteiger partial charge in [0.05, 0.1) is 11.3 Å². The van der Waals surface area contributed by atoms with Crippen molar-refractivity contribution in [3.63, 3.8) is 0 Å². The van der Waals surface area contributed by atoms with Gasteiger partial charge in [0.2, 0.25) is 0 Å². The molecule has 0 radical (unpaired) electrons. The number of Topliss-reactive ketones (excluding diaryl/α,β-unsaturated/α-hetero) is 1. The SMILES string of the molecule is CC(=O)CSc1ccccc1C(=O)O[C@H](C)C(=O)N[C@H]1CCC[C@@H](C)[C@H]1C. The van der Waals surface area contributed by atoms with E-state index in [0.717, 1.165) is 12.8 Å². The second-order valence-corrected chi connectivity index (χ2v) is 8.43. The fraction of sp³-hybridized carbons (Fsp3) is 0.571. The predicted octanol–water partition coefficient (Wildman–Crippen LogP) is 3.85. The number of benzene rings is 1. The Kier molecular flexibility index (Phi) is 7.90. The van der Waals surface area contributed by atoms with Crippen molar-refractivity contribution in [3.8, 4) is 0 Å². The lowest BCUT2D eigenvalue weighted by Crippen LogP contribution is -2.47. The minimum atomic E-state index is -0.868. The molecular weight excluding hydrogens is 362 g/mol. The standard InChI is InChI=1S/C21H29NO4S/c1-13-8-7-10-18(15(13)3)22-20(24)16(4)26-21(25)17-9-5-6-11-19(17)27-12-14(2)23/h5-6,9,11,13,15-16,18H,7-8,10,12H2,1-4H3,(H,22,24)/t13-,15-,16-,18+/m1/s1. The van der Waals surface area contributed by atoms with Crippen molar-refractivity contribution < 1.29 is 19.1 Å². The molecule has 6 heteroatoms. The van der Waals surface area contributed by atoms with Crippen LogP contribution in [0.2, 0.25) is 0 Å². The zero-order valence-corrected chi connectivity index (χ0v) is 17.3. The molecule has 27 heavy (non-hydrogen) atoms.